The third-order valence-corrected chi connectivity index (χ3v) is 6.32. The molecule has 2 fully saturated rings. The molecule has 0 aromatic carbocycles. The zero-order chi connectivity index (χ0) is 14.2. The van der Waals surface area contributed by atoms with Crippen molar-refractivity contribution in [1.29, 1.82) is 0 Å². The van der Waals surface area contributed by atoms with E-state index in [1.165, 1.54) is 25.5 Å². The first-order valence-electron chi connectivity index (χ1n) is 7.34. The summed E-state index contributed by atoms with van der Waals surface area (Å²) in [6, 6.07) is 0. The van der Waals surface area contributed by atoms with Gasteiger partial charge in [-0.2, -0.15) is 9.40 Å². The van der Waals surface area contributed by atoms with Crippen LogP contribution in [-0.4, -0.2) is 42.1 Å². The van der Waals surface area contributed by atoms with Crippen molar-refractivity contribution in [3.8, 4) is 0 Å². The van der Waals surface area contributed by atoms with E-state index in [0.717, 1.165) is 6.42 Å². The average Bonchev–Trinajstić information content (AvgIpc) is 3.10. The first kappa shape index (κ1) is 14.0. The van der Waals surface area contributed by atoms with Gasteiger partial charge in [-0.25, -0.2) is 8.42 Å². The Morgan fingerprint density at radius 2 is 2.00 bits per heavy atom. The van der Waals surface area contributed by atoms with E-state index in [-0.39, 0.29) is 0 Å². The second-order valence-corrected chi connectivity index (χ2v) is 7.79. The summed E-state index contributed by atoms with van der Waals surface area (Å²) in [5, 5.41) is 4.12. The van der Waals surface area contributed by atoms with Crippen LogP contribution < -0.4 is 5.73 Å². The first-order valence-corrected chi connectivity index (χ1v) is 8.78. The minimum atomic E-state index is -3.37. The zero-order valence-corrected chi connectivity index (χ0v) is 12.4. The van der Waals surface area contributed by atoms with Gasteiger partial charge in [-0.1, -0.05) is 6.42 Å². The van der Waals surface area contributed by atoms with Gasteiger partial charge in [0.2, 0.25) is 10.0 Å². The lowest BCUT2D eigenvalue weighted by molar-refractivity contribution is 0.445. The van der Waals surface area contributed by atoms with E-state index in [1.54, 1.807) is 15.2 Å². The molecule has 6 nitrogen and oxygen atoms in total. The summed E-state index contributed by atoms with van der Waals surface area (Å²) in [7, 11) is -3.37. The monoisotopic (exact) mass is 298 g/mol. The van der Waals surface area contributed by atoms with Gasteiger partial charge in [0.15, 0.2) is 0 Å². The predicted molar refractivity (Wildman–Crippen MR) is 75.5 cm³/mol. The molecule has 1 aliphatic heterocycles. The molecular formula is C13H22N4O2S. The number of nitrogens with zero attached hydrogens (tertiary/aromatic N) is 3. The molecule has 1 aromatic heterocycles. The molecule has 0 radical (unpaired) electrons. The lowest BCUT2D eigenvalue weighted by Crippen LogP contribution is -2.29. The lowest BCUT2D eigenvalue weighted by atomic mass is 10.0. The number of sulfonamides is 1. The van der Waals surface area contributed by atoms with Gasteiger partial charge in [-0.3, -0.25) is 4.68 Å². The Bertz CT molecular complexity index is 557. The quantitative estimate of drug-likeness (QED) is 0.865. The highest BCUT2D eigenvalue weighted by Crippen LogP contribution is 2.39. The van der Waals surface area contributed by atoms with Gasteiger partial charge in [0.25, 0.3) is 0 Å². The van der Waals surface area contributed by atoms with E-state index in [2.05, 4.69) is 5.10 Å². The molecule has 3 rings (SSSR count). The van der Waals surface area contributed by atoms with Gasteiger partial charge in [0.1, 0.15) is 4.90 Å². The largest absolute Gasteiger partial charge is 0.330 e. The van der Waals surface area contributed by atoms with Crippen LogP contribution in [0.1, 0.15) is 25.7 Å². The summed E-state index contributed by atoms with van der Waals surface area (Å²) in [6.07, 6.45) is 7.48. The fourth-order valence-corrected chi connectivity index (χ4v) is 4.90. The number of rotatable bonds is 5. The van der Waals surface area contributed by atoms with Crippen LogP contribution in [0.5, 0.6) is 0 Å². The summed E-state index contributed by atoms with van der Waals surface area (Å²) >= 11 is 0. The number of nitrogens with two attached hydrogens (primary N) is 1. The van der Waals surface area contributed by atoms with Crippen molar-refractivity contribution in [3.05, 3.63) is 12.4 Å². The third kappa shape index (κ3) is 2.49. The van der Waals surface area contributed by atoms with E-state index in [1.807, 2.05) is 0 Å². The molecule has 2 unspecified atom stereocenters. The molecule has 2 aliphatic rings. The third-order valence-electron chi connectivity index (χ3n) is 4.53. The summed E-state index contributed by atoms with van der Waals surface area (Å²) in [5.74, 6) is 1.13. The maximum absolute atomic E-state index is 12.6. The minimum Gasteiger partial charge on any atom is -0.330 e. The second kappa shape index (κ2) is 5.46. The molecule has 1 saturated carbocycles. The molecule has 112 valence electrons. The van der Waals surface area contributed by atoms with Crippen LogP contribution in [0.25, 0.3) is 0 Å². The lowest BCUT2D eigenvalue weighted by Gasteiger charge is -2.15. The highest BCUT2D eigenvalue weighted by molar-refractivity contribution is 7.89. The summed E-state index contributed by atoms with van der Waals surface area (Å²) < 4.78 is 28.5. The van der Waals surface area contributed by atoms with Crippen molar-refractivity contribution < 1.29 is 8.42 Å². The van der Waals surface area contributed by atoms with Crippen molar-refractivity contribution in [2.45, 2.75) is 37.1 Å². The van der Waals surface area contributed by atoms with E-state index >= 15 is 0 Å². The van der Waals surface area contributed by atoms with Crippen molar-refractivity contribution in [2.24, 2.45) is 17.6 Å². The van der Waals surface area contributed by atoms with Gasteiger partial charge in [-0.05, 0) is 37.6 Å². The molecule has 20 heavy (non-hydrogen) atoms. The molecule has 0 amide bonds. The van der Waals surface area contributed by atoms with Crippen molar-refractivity contribution in [1.82, 2.24) is 14.1 Å². The zero-order valence-electron chi connectivity index (χ0n) is 11.6. The van der Waals surface area contributed by atoms with Gasteiger partial charge < -0.3 is 5.73 Å². The fraction of sp³-hybridized carbons (Fsp3) is 0.769. The molecule has 2 heterocycles. The Balaban J connectivity index is 1.73. The topological polar surface area (TPSA) is 81.2 Å². The Hall–Kier alpha value is -0.920. The van der Waals surface area contributed by atoms with Gasteiger partial charge in [0, 0.05) is 25.8 Å². The van der Waals surface area contributed by atoms with Gasteiger partial charge in [-0.15, -0.1) is 0 Å². The van der Waals surface area contributed by atoms with Crippen molar-refractivity contribution >= 4 is 10.0 Å². The van der Waals surface area contributed by atoms with Gasteiger partial charge in [0.05, 0.1) is 6.20 Å². The molecule has 2 atom stereocenters. The van der Waals surface area contributed by atoms with Crippen LogP contribution in [0, 0.1) is 11.8 Å². The van der Waals surface area contributed by atoms with Crippen LogP contribution in [0.4, 0.5) is 0 Å². The minimum absolute atomic E-state index is 0.314. The molecular weight excluding hydrogens is 276 g/mol. The van der Waals surface area contributed by atoms with E-state index in [4.69, 9.17) is 5.73 Å². The predicted octanol–water partition coefficient (Wildman–Crippen LogP) is 0.652. The molecule has 7 heteroatoms. The highest BCUT2D eigenvalue weighted by Gasteiger charge is 2.41. The molecule has 1 aromatic rings. The maximum Gasteiger partial charge on any atom is 0.246 e. The SMILES string of the molecule is NCCCn1cc(S(=O)(=O)N2CC3CCCC3C2)cn1. The number of hydrogen-bond donors (Lipinski definition) is 1. The second-order valence-electron chi connectivity index (χ2n) is 5.85. The van der Waals surface area contributed by atoms with Crippen LogP contribution in [-0.2, 0) is 16.6 Å². The summed E-state index contributed by atoms with van der Waals surface area (Å²) in [6.45, 7) is 2.61. The molecule has 0 spiro atoms. The van der Waals surface area contributed by atoms with Gasteiger partial charge >= 0.3 is 0 Å². The first-order chi connectivity index (χ1) is 9.61. The number of hydrogen-bond acceptors (Lipinski definition) is 4. The fourth-order valence-electron chi connectivity index (χ4n) is 3.39. The molecule has 1 saturated heterocycles. The molecule has 0 bridgehead atoms. The van der Waals surface area contributed by atoms with Crippen LogP contribution in [0.3, 0.4) is 0 Å². The average molecular weight is 298 g/mol. The Morgan fingerprint density at radius 3 is 2.65 bits per heavy atom. The number of aromatic nitrogens is 2. The Labute approximate surface area is 120 Å². The number of fused-ring (bicyclic) bond motifs is 1. The van der Waals surface area contributed by atoms with Crippen LogP contribution in [0.15, 0.2) is 17.3 Å². The molecule has 1 aliphatic carbocycles. The van der Waals surface area contributed by atoms with Crippen LogP contribution >= 0.6 is 0 Å². The standard InChI is InChI=1S/C13H22N4O2S/c14-5-2-6-16-10-13(7-15-16)20(18,19)17-8-11-3-1-4-12(11)9-17/h7,10-12H,1-6,8-9,14H2. The maximum atomic E-state index is 12.6. The number of aryl methyl sites for hydroxylation is 1. The normalized spacial score (nSPS) is 27.1. The highest BCUT2D eigenvalue weighted by atomic mass is 32.2. The Morgan fingerprint density at radius 1 is 1.30 bits per heavy atom. The van der Waals surface area contributed by atoms with E-state index in [0.29, 0.717) is 42.9 Å². The summed E-state index contributed by atoms with van der Waals surface area (Å²) in [4.78, 5) is 0.314. The smallest absolute Gasteiger partial charge is 0.246 e. The Kier molecular flexibility index (Phi) is 3.83. The van der Waals surface area contributed by atoms with Crippen molar-refractivity contribution in [3.63, 3.8) is 0 Å². The van der Waals surface area contributed by atoms with Crippen molar-refractivity contribution in [2.75, 3.05) is 19.6 Å². The van der Waals surface area contributed by atoms with E-state index in [9.17, 15) is 8.42 Å². The summed E-state index contributed by atoms with van der Waals surface area (Å²) in [5.41, 5.74) is 5.45. The van der Waals surface area contributed by atoms with Crippen LogP contribution in [0.2, 0.25) is 0 Å². The van der Waals surface area contributed by atoms with E-state index < -0.39 is 10.0 Å². The molecule has 2 N–H and O–H groups in total.